The van der Waals surface area contributed by atoms with Gasteiger partial charge in [0.05, 0.1) is 24.9 Å². The van der Waals surface area contributed by atoms with Crippen LogP contribution in [0.4, 0.5) is 5.82 Å². The number of carbonyl (C=O) groups excluding carboxylic acids is 1. The van der Waals surface area contributed by atoms with Crippen LogP contribution < -0.4 is 4.90 Å². The van der Waals surface area contributed by atoms with Gasteiger partial charge >= 0.3 is 0 Å². The van der Waals surface area contributed by atoms with E-state index in [0.29, 0.717) is 24.3 Å². The molecule has 9 heteroatoms. The summed E-state index contributed by atoms with van der Waals surface area (Å²) in [6.07, 6.45) is 5.78. The number of furan rings is 1. The topological polar surface area (TPSA) is 74.9 Å². The van der Waals surface area contributed by atoms with Gasteiger partial charge in [-0.25, -0.2) is 9.97 Å². The number of aryl methyl sites for hydroxylation is 1. The summed E-state index contributed by atoms with van der Waals surface area (Å²) in [6, 6.07) is 3.50. The maximum absolute atomic E-state index is 12.8. The van der Waals surface area contributed by atoms with E-state index in [1.807, 2.05) is 16.2 Å². The molecule has 0 aromatic carbocycles. The van der Waals surface area contributed by atoms with E-state index in [2.05, 4.69) is 23.6 Å². The van der Waals surface area contributed by atoms with Gasteiger partial charge in [0.2, 0.25) is 0 Å². The van der Waals surface area contributed by atoms with Crippen LogP contribution in [0, 0.1) is 5.41 Å². The fraction of sp³-hybridized carbons (Fsp3) is 0.593. The van der Waals surface area contributed by atoms with Gasteiger partial charge in [-0.15, -0.1) is 11.3 Å². The van der Waals surface area contributed by atoms with E-state index in [9.17, 15) is 4.79 Å². The van der Waals surface area contributed by atoms with Gasteiger partial charge in [0, 0.05) is 57.1 Å². The Morgan fingerprint density at radius 2 is 1.92 bits per heavy atom. The first kappa shape index (κ1) is 23.9. The summed E-state index contributed by atoms with van der Waals surface area (Å²) in [6.45, 7) is 12.1. The molecular weight excluding hydrogens is 474 g/mol. The van der Waals surface area contributed by atoms with Crippen molar-refractivity contribution in [3.8, 4) is 0 Å². The van der Waals surface area contributed by atoms with E-state index in [1.165, 1.54) is 22.2 Å². The molecular formula is C27H35N5O3S. The van der Waals surface area contributed by atoms with Crippen molar-refractivity contribution >= 4 is 33.3 Å². The first-order valence-corrected chi connectivity index (χ1v) is 14.0. The third-order valence-corrected chi connectivity index (χ3v) is 8.93. The van der Waals surface area contributed by atoms with Crippen LogP contribution >= 0.6 is 11.3 Å². The van der Waals surface area contributed by atoms with Gasteiger partial charge < -0.3 is 19.0 Å². The number of amides is 1. The number of aromatic nitrogens is 2. The molecule has 3 aromatic heterocycles. The largest absolute Gasteiger partial charge is 0.459 e. The van der Waals surface area contributed by atoms with E-state index >= 15 is 0 Å². The van der Waals surface area contributed by atoms with Gasteiger partial charge in [0.15, 0.2) is 5.76 Å². The smallest absolute Gasteiger partial charge is 0.289 e. The van der Waals surface area contributed by atoms with E-state index < -0.39 is 0 Å². The molecule has 2 fully saturated rings. The van der Waals surface area contributed by atoms with Crippen molar-refractivity contribution in [2.24, 2.45) is 5.41 Å². The number of piperazine rings is 1. The first-order valence-electron chi connectivity index (χ1n) is 13.2. The molecule has 0 unspecified atom stereocenters. The highest BCUT2D eigenvalue weighted by atomic mass is 32.1. The van der Waals surface area contributed by atoms with Gasteiger partial charge in [-0.2, -0.15) is 0 Å². The van der Waals surface area contributed by atoms with Crippen molar-refractivity contribution in [3.63, 3.8) is 0 Å². The van der Waals surface area contributed by atoms with E-state index in [1.54, 1.807) is 18.4 Å². The summed E-state index contributed by atoms with van der Waals surface area (Å²) >= 11 is 1.87. The van der Waals surface area contributed by atoms with Crippen molar-refractivity contribution in [1.82, 2.24) is 19.8 Å². The SMILES string of the molecule is CC1(C)CCc2c(sc3nc(CCN4CCOCC4)nc(N4CCN(C(=O)c5ccco5)CC4)c23)C1. The average molecular weight is 510 g/mol. The van der Waals surface area contributed by atoms with E-state index in [0.717, 1.165) is 81.7 Å². The van der Waals surface area contributed by atoms with Crippen molar-refractivity contribution in [3.05, 3.63) is 40.4 Å². The maximum atomic E-state index is 12.8. The van der Waals surface area contributed by atoms with E-state index in [4.69, 9.17) is 19.1 Å². The lowest BCUT2D eigenvalue weighted by Gasteiger charge is -2.36. The van der Waals surface area contributed by atoms with Crippen LogP contribution in [0.2, 0.25) is 0 Å². The zero-order chi connectivity index (χ0) is 24.7. The molecule has 1 amide bonds. The Labute approximate surface area is 216 Å². The van der Waals surface area contributed by atoms with Crippen LogP contribution in [-0.4, -0.2) is 84.7 Å². The fourth-order valence-electron chi connectivity index (χ4n) is 5.62. The molecule has 2 saturated heterocycles. The van der Waals surface area contributed by atoms with Gasteiger partial charge in [-0.05, 0) is 42.4 Å². The summed E-state index contributed by atoms with van der Waals surface area (Å²) in [5.74, 6) is 2.37. The van der Waals surface area contributed by atoms with Crippen LogP contribution in [0.3, 0.4) is 0 Å². The Balaban J connectivity index is 1.28. The van der Waals surface area contributed by atoms with Gasteiger partial charge in [-0.3, -0.25) is 9.69 Å². The summed E-state index contributed by atoms with van der Waals surface area (Å²) in [4.78, 5) is 32.4. The molecule has 3 aromatic rings. The standard InChI is InChI=1S/C27H35N5O3S/c1-27(2)7-5-19-21(18-27)36-25-23(19)24(28-22(29-25)6-8-30-13-16-34-17-14-30)31-9-11-32(12-10-31)26(33)20-4-3-15-35-20/h3-4,15H,5-14,16-18H2,1-2H3. The normalized spacial score (nSPS) is 20.6. The first-order chi connectivity index (χ1) is 17.5. The molecule has 0 saturated carbocycles. The van der Waals surface area contributed by atoms with Crippen LogP contribution in [-0.2, 0) is 24.0 Å². The lowest BCUT2D eigenvalue weighted by molar-refractivity contribution is 0.0382. The molecule has 0 N–H and O–H groups in total. The third kappa shape index (κ3) is 4.76. The highest BCUT2D eigenvalue weighted by Crippen LogP contribution is 2.44. The zero-order valence-corrected chi connectivity index (χ0v) is 22.1. The number of hydrogen-bond acceptors (Lipinski definition) is 8. The predicted molar refractivity (Wildman–Crippen MR) is 141 cm³/mol. The van der Waals surface area contributed by atoms with Crippen LogP contribution in [0.15, 0.2) is 22.8 Å². The summed E-state index contributed by atoms with van der Waals surface area (Å²) in [5.41, 5.74) is 1.79. The fourth-order valence-corrected chi connectivity index (χ4v) is 7.11. The highest BCUT2D eigenvalue weighted by Gasteiger charge is 2.32. The van der Waals surface area contributed by atoms with Gasteiger partial charge in [0.1, 0.15) is 16.5 Å². The molecule has 0 spiro atoms. The third-order valence-electron chi connectivity index (χ3n) is 7.81. The molecule has 3 aliphatic rings. The Bertz CT molecular complexity index is 1220. The second kappa shape index (κ2) is 9.76. The quantitative estimate of drug-likeness (QED) is 0.520. The molecule has 0 radical (unpaired) electrons. The highest BCUT2D eigenvalue weighted by molar-refractivity contribution is 7.19. The Kier molecular flexibility index (Phi) is 6.47. The van der Waals surface area contributed by atoms with Crippen LogP contribution in [0.25, 0.3) is 10.2 Å². The second-order valence-corrected chi connectivity index (χ2v) is 12.0. The minimum atomic E-state index is -0.0335. The Morgan fingerprint density at radius 1 is 1.11 bits per heavy atom. The molecule has 0 bridgehead atoms. The molecule has 0 atom stereocenters. The van der Waals surface area contributed by atoms with Gasteiger partial charge in [0.25, 0.3) is 5.91 Å². The van der Waals surface area contributed by atoms with Crippen molar-refractivity contribution in [1.29, 1.82) is 0 Å². The maximum Gasteiger partial charge on any atom is 0.289 e. The second-order valence-electron chi connectivity index (χ2n) is 10.9. The average Bonchev–Trinajstić information content (AvgIpc) is 3.54. The minimum Gasteiger partial charge on any atom is -0.459 e. The summed E-state index contributed by atoms with van der Waals surface area (Å²) in [7, 11) is 0. The molecule has 8 nitrogen and oxygen atoms in total. The number of rotatable bonds is 5. The predicted octanol–water partition coefficient (Wildman–Crippen LogP) is 3.64. The number of fused-ring (bicyclic) bond motifs is 3. The van der Waals surface area contributed by atoms with Gasteiger partial charge in [-0.1, -0.05) is 13.8 Å². The molecule has 192 valence electrons. The van der Waals surface area contributed by atoms with Crippen molar-refractivity contribution in [2.75, 3.05) is 63.9 Å². The molecule has 6 rings (SSSR count). The number of carbonyl (C=O) groups is 1. The summed E-state index contributed by atoms with van der Waals surface area (Å²) in [5, 5.41) is 1.26. The number of ether oxygens (including phenoxy) is 1. The molecule has 2 aliphatic heterocycles. The lowest BCUT2D eigenvalue weighted by Crippen LogP contribution is -2.49. The van der Waals surface area contributed by atoms with Crippen LogP contribution in [0.1, 0.15) is 47.1 Å². The number of morpholine rings is 1. The molecule has 5 heterocycles. The lowest BCUT2D eigenvalue weighted by atomic mass is 9.77. The van der Waals surface area contributed by atoms with E-state index in [-0.39, 0.29) is 5.91 Å². The summed E-state index contributed by atoms with van der Waals surface area (Å²) < 4.78 is 10.9. The molecule has 1 aliphatic carbocycles. The Morgan fingerprint density at radius 3 is 2.67 bits per heavy atom. The number of nitrogens with zero attached hydrogens (tertiary/aromatic N) is 5. The monoisotopic (exact) mass is 509 g/mol. The minimum absolute atomic E-state index is 0.0335. The Hall–Kier alpha value is -2.49. The number of hydrogen-bond donors (Lipinski definition) is 0. The number of anilines is 1. The molecule has 36 heavy (non-hydrogen) atoms. The van der Waals surface area contributed by atoms with Crippen LogP contribution in [0.5, 0.6) is 0 Å². The zero-order valence-electron chi connectivity index (χ0n) is 21.3. The van der Waals surface area contributed by atoms with Crippen molar-refractivity contribution in [2.45, 2.75) is 39.5 Å². The number of thiophene rings is 1. The van der Waals surface area contributed by atoms with Crippen molar-refractivity contribution < 1.29 is 13.9 Å².